The maximum atomic E-state index is 12.5. The van der Waals surface area contributed by atoms with Crippen molar-refractivity contribution in [2.45, 2.75) is 13.5 Å². The number of thiazole rings is 1. The van der Waals surface area contributed by atoms with Crippen molar-refractivity contribution >= 4 is 23.2 Å². The first kappa shape index (κ1) is 19.6. The van der Waals surface area contributed by atoms with Gasteiger partial charge in [-0.1, -0.05) is 42.5 Å². The highest BCUT2D eigenvalue weighted by Gasteiger charge is 2.20. The minimum atomic E-state index is -0.555. The molecular weight excluding hydrogens is 376 g/mol. The van der Waals surface area contributed by atoms with Gasteiger partial charge < -0.3 is 14.8 Å². The molecule has 0 aliphatic rings. The molecule has 0 aliphatic heterocycles. The second kappa shape index (κ2) is 9.14. The maximum Gasteiger partial charge on any atom is 0.351 e. The van der Waals surface area contributed by atoms with E-state index in [1.165, 1.54) is 11.3 Å². The maximum absolute atomic E-state index is 12.5. The highest BCUT2D eigenvalue weighted by Crippen LogP contribution is 2.28. The number of nitrogens with one attached hydrogen (secondary N) is 1. The number of hydrogen-bond donors (Lipinski definition) is 1. The molecule has 0 bridgehead atoms. The van der Waals surface area contributed by atoms with E-state index in [0.29, 0.717) is 22.9 Å². The number of carbonyl (C=O) groups excluding carboxylic acids is 2. The summed E-state index contributed by atoms with van der Waals surface area (Å²) in [7, 11) is 1.59. The van der Waals surface area contributed by atoms with Crippen molar-refractivity contribution in [3.63, 3.8) is 0 Å². The van der Waals surface area contributed by atoms with Crippen LogP contribution in [0.3, 0.4) is 0 Å². The molecule has 1 aromatic heterocycles. The molecule has 144 valence electrons. The number of hydrogen-bond acceptors (Lipinski definition) is 6. The molecule has 0 saturated heterocycles. The number of aromatic nitrogens is 1. The summed E-state index contributed by atoms with van der Waals surface area (Å²) in [5, 5.41) is 3.48. The van der Waals surface area contributed by atoms with Gasteiger partial charge in [-0.2, -0.15) is 0 Å². The van der Waals surface area contributed by atoms with Crippen LogP contribution in [-0.4, -0.2) is 30.6 Å². The standard InChI is InChI=1S/C21H20N2O4S/c1-14-23-19(16-8-4-3-5-9-16)20(28-14)21(25)27-13-18(24)22-12-15-7-6-10-17(11-15)26-2/h3-11H,12-13H2,1-2H3,(H,22,24). The molecule has 28 heavy (non-hydrogen) atoms. The van der Waals surface area contributed by atoms with E-state index in [4.69, 9.17) is 9.47 Å². The average molecular weight is 396 g/mol. The fourth-order valence-corrected chi connectivity index (χ4v) is 3.42. The smallest absolute Gasteiger partial charge is 0.351 e. The number of ether oxygens (including phenoxy) is 2. The first-order valence-corrected chi connectivity index (χ1v) is 9.48. The molecule has 0 atom stereocenters. The molecule has 2 aromatic carbocycles. The molecule has 1 heterocycles. The topological polar surface area (TPSA) is 77.5 Å². The quantitative estimate of drug-likeness (QED) is 0.618. The van der Waals surface area contributed by atoms with E-state index in [9.17, 15) is 9.59 Å². The van der Waals surface area contributed by atoms with E-state index in [2.05, 4.69) is 10.3 Å². The second-order valence-corrected chi connectivity index (χ2v) is 7.18. The van der Waals surface area contributed by atoms with E-state index < -0.39 is 5.97 Å². The summed E-state index contributed by atoms with van der Waals surface area (Å²) in [5.41, 5.74) is 2.30. The Morgan fingerprint density at radius 1 is 1.11 bits per heavy atom. The molecular formula is C21H20N2O4S. The molecule has 0 radical (unpaired) electrons. The van der Waals surface area contributed by atoms with Gasteiger partial charge in [0, 0.05) is 12.1 Å². The average Bonchev–Trinajstić information content (AvgIpc) is 3.13. The molecule has 1 amide bonds. The third-order valence-corrected chi connectivity index (χ3v) is 4.88. The predicted octanol–water partition coefficient (Wildman–Crippen LogP) is 3.60. The molecule has 0 spiro atoms. The molecule has 6 nitrogen and oxygen atoms in total. The van der Waals surface area contributed by atoms with Crippen molar-refractivity contribution in [2.24, 2.45) is 0 Å². The van der Waals surface area contributed by atoms with Crippen molar-refractivity contribution < 1.29 is 19.1 Å². The van der Waals surface area contributed by atoms with E-state index in [1.807, 2.05) is 61.5 Å². The van der Waals surface area contributed by atoms with Crippen LogP contribution in [0.25, 0.3) is 11.3 Å². The van der Waals surface area contributed by atoms with Crippen molar-refractivity contribution in [1.82, 2.24) is 10.3 Å². The predicted molar refractivity (Wildman–Crippen MR) is 107 cm³/mol. The molecule has 0 aliphatic carbocycles. The Morgan fingerprint density at radius 2 is 1.89 bits per heavy atom. The van der Waals surface area contributed by atoms with Crippen LogP contribution in [-0.2, 0) is 16.1 Å². The van der Waals surface area contributed by atoms with Gasteiger partial charge in [-0.25, -0.2) is 9.78 Å². The van der Waals surface area contributed by atoms with Gasteiger partial charge in [0.05, 0.1) is 17.8 Å². The minimum Gasteiger partial charge on any atom is -0.497 e. The van der Waals surface area contributed by atoms with Crippen LogP contribution in [0, 0.1) is 6.92 Å². The van der Waals surface area contributed by atoms with Crippen LogP contribution in [0.1, 0.15) is 20.2 Å². The van der Waals surface area contributed by atoms with Crippen LogP contribution >= 0.6 is 11.3 Å². The highest BCUT2D eigenvalue weighted by molar-refractivity contribution is 7.14. The van der Waals surface area contributed by atoms with Crippen LogP contribution < -0.4 is 10.1 Å². The van der Waals surface area contributed by atoms with Gasteiger partial charge in [-0.05, 0) is 24.6 Å². The molecule has 0 unspecified atom stereocenters. The number of benzene rings is 2. The summed E-state index contributed by atoms with van der Waals surface area (Å²) >= 11 is 1.25. The monoisotopic (exact) mass is 396 g/mol. The Morgan fingerprint density at radius 3 is 2.64 bits per heavy atom. The minimum absolute atomic E-state index is 0.322. The number of methoxy groups -OCH3 is 1. The van der Waals surface area contributed by atoms with Gasteiger partial charge in [-0.15, -0.1) is 11.3 Å². The number of nitrogens with zero attached hydrogens (tertiary/aromatic N) is 1. The number of carbonyl (C=O) groups is 2. The lowest BCUT2D eigenvalue weighted by atomic mass is 10.1. The lowest BCUT2D eigenvalue weighted by molar-refractivity contribution is -0.124. The summed E-state index contributed by atoms with van der Waals surface area (Å²) in [4.78, 5) is 29.3. The van der Waals surface area contributed by atoms with Crippen LogP contribution in [0.15, 0.2) is 54.6 Å². The molecule has 1 N–H and O–H groups in total. The zero-order chi connectivity index (χ0) is 19.9. The van der Waals surface area contributed by atoms with E-state index in [1.54, 1.807) is 7.11 Å². The fourth-order valence-electron chi connectivity index (χ4n) is 2.59. The van der Waals surface area contributed by atoms with Crippen LogP contribution in [0.5, 0.6) is 5.75 Å². The van der Waals surface area contributed by atoms with Gasteiger partial charge >= 0.3 is 5.97 Å². The summed E-state index contributed by atoms with van der Waals surface area (Å²) in [6, 6.07) is 16.8. The second-order valence-electron chi connectivity index (χ2n) is 5.98. The summed E-state index contributed by atoms with van der Waals surface area (Å²) < 4.78 is 10.3. The first-order chi connectivity index (χ1) is 13.6. The van der Waals surface area contributed by atoms with Gasteiger partial charge in [0.25, 0.3) is 5.91 Å². The molecule has 0 fully saturated rings. The highest BCUT2D eigenvalue weighted by atomic mass is 32.1. The Kier molecular flexibility index (Phi) is 6.39. The Balaban J connectivity index is 1.58. The van der Waals surface area contributed by atoms with E-state index in [-0.39, 0.29) is 12.5 Å². The van der Waals surface area contributed by atoms with Gasteiger partial charge in [-0.3, -0.25) is 4.79 Å². The van der Waals surface area contributed by atoms with Crippen molar-refractivity contribution in [1.29, 1.82) is 0 Å². The lowest BCUT2D eigenvalue weighted by Crippen LogP contribution is -2.28. The SMILES string of the molecule is COc1cccc(CNC(=O)COC(=O)c2sc(C)nc2-c2ccccc2)c1. The number of aryl methyl sites for hydroxylation is 1. The van der Waals surface area contributed by atoms with Crippen molar-refractivity contribution in [2.75, 3.05) is 13.7 Å². The van der Waals surface area contributed by atoms with Crippen molar-refractivity contribution in [3.05, 3.63) is 70.0 Å². The normalized spacial score (nSPS) is 10.4. The summed E-state index contributed by atoms with van der Waals surface area (Å²) in [6.07, 6.45) is 0. The number of esters is 1. The number of rotatable bonds is 7. The molecule has 7 heteroatoms. The zero-order valence-electron chi connectivity index (χ0n) is 15.6. The fraction of sp³-hybridized carbons (Fsp3) is 0.190. The summed E-state index contributed by atoms with van der Waals surface area (Å²) in [5.74, 6) is -0.216. The van der Waals surface area contributed by atoms with Crippen molar-refractivity contribution in [3.8, 4) is 17.0 Å². The van der Waals surface area contributed by atoms with E-state index >= 15 is 0 Å². The first-order valence-electron chi connectivity index (χ1n) is 8.66. The Hall–Kier alpha value is -3.19. The Labute approximate surface area is 167 Å². The lowest BCUT2D eigenvalue weighted by Gasteiger charge is -2.08. The van der Waals surface area contributed by atoms with Gasteiger partial charge in [0.2, 0.25) is 0 Å². The van der Waals surface area contributed by atoms with E-state index in [0.717, 1.165) is 16.1 Å². The third kappa shape index (κ3) is 4.95. The zero-order valence-corrected chi connectivity index (χ0v) is 16.4. The van der Waals surface area contributed by atoms with Crippen LogP contribution in [0.4, 0.5) is 0 Å². The van der Waals surface area contributed by atoms with Gasteiger partial charge in [0.15, 0.2) is 6.61 Å². The van der Waals surface area contributed by atoms with Gasteiger partial charge in [0.1, 0.15) is 10.6 Å². The summed E-state index contributed by atoms with van der Waals surface area (Å²) in [6.45, 7) is 1.80. The molecule has 0 saturated carbocycles. The molecule has 3 aromatic rings. The van der Waals surface area contributed by atoms with Crippen LogP contribution in [0.2, 0.25) is 0 Å². The number of amides is 1. The largest absolute Gasteiger partial charge is 0.497 e. The molecule has 3 rings (SSSR count). The third-order valence-electron chi connectivity index (χ3n) is 3.92. The Bertz CT molecular complexity index is 970.